The Bertz CT molecular complexity index is 993. The maximum Gasteiger partial charge on any atom is 0.254 e. The fraction of sp³-hybridized carbons (Fsp3) is 0.227. The number of hydrogen-bond acceptors (Lipinski definition) is 4. The highest BCUT2D eigenvalue weighted by atomic mass is 16.5. The summed E-state index contributed by atoms with van der Waals surface area (Å²) in [5.74, 6) is 0.154. The number of likely N-dealkylation sites (N-methyl/N-ethyl adjacent to an activating group) is 1. The van der Waals surface area contributed by atoms with Gasteiger partial charge < -0.3 is 15.0 Å². The molecule has 0 saturated carbocycles. The molecule has 2 aromatic carbocycles. The summed E-state index contributed by atoms with van der Waals surface area (Å²) in [6.45, 7) is 0.720. The van der Waals surface area contributed by atoms with Crippen LogP contribution in [0.5, 0.6) is 5.75 Å². The summed E-state index contributed by atoms with van der Waals surface area (Å²) in [5, 5.41) is 2.87. The van der Waals surface area contributed by atoms with Crippen molar-refractivity contribution in [3.63, 3.8) is 0 Å². The van der Waals surface area contributed by atoms with E-state index in [1.54, 1.807) is 32.4 Å². The van der Waals surface area contributed by atoms with Gasteiger partial charge in [0.15, 0.2) is 0 Å². The lowest BCUT2D eigenvalue weighted by molar-refractivity contribution is -0.120. The Kier molecular flexibility index (Phi) is 4.69. The Morgan fingerprint density at radius 3 is 2.64 bits per heavy atom. The largest absolute Gasteiger partial charge is 0.497 e. The van der Waals surface area contributed by atoms with Gasteiger partial charge in [0.1, 0.15) is 11.8 Å². The average molecular weight is 375 g/mol. The average Bonchev–Trinajstić information content (AvgIpc) is 3.24. The molecule has 6 heteroatoms. The molecule has 2 amide bonds. The van der Waals surface area contributed by atoms with Gasteiger partial charge in [-0.25, -0.2) is 0 Å². The van der Waals surface area contributed by atoms with Gasteiger partial charge in [-0.3, -0.25) is 14.6 Å². The number of aliphatic imine (C=N–C) groups is 1. The Morgan fingerprint density at radius 2 is 1.96 bits per heavy atom. The van der Waals surface area contributed by atoms with E-state index >= 15 is 0 Å². The number of carbonyl (C=O) groups excluding carboxylic acids is 2. The van der Waals surface area contributed by atoms with Gasteiger partial charge in [-0.05, 0) is 34.9 Å². The number of nitrogens with one attached hydrogen (secondary N) is 1. The quantitative estimate of drug-likeness (QED) is 0.892. The minimum atomic E-state index is -0.631. The van der Waals surface area contributed by atoms with Crippen LogP contribution in [0.3, 0.4) is 0 Å². The first-order valence-corrected chi connectivity index (χ1v) is 9.12. The van der Waals surface area contributed by atoms with Gasteiger partial charge in [0.05, 0.1) is 24.9 Å². The molecule has 0 spiro atoms. The molecule has 1 unspecified atom stereocenters. The van der Waals surface area contributed by atoms with Gasteiger partial charge in [0, 0.05) is 19.7 Å². The zero-order valence-corrected chi connectivity index (χ0v) is 15.8. The van der Waals surface area contributed by atoms with Gasteiger partial charge in [-0.15, -0.1) is 0 Å². The number of methoxy groups -OCH3 is 1. The second-order valence-electron chi connectivity index (χ2n) is 6.86. The number of fused-ring (bicyclic) bond motifs is 1. The molecule has 0 saturated heterocycles. The maximum atomic E-state index is 12.9. The van der Waals surface area contributed by atoms with Crippen molar-refractivity contribution in [1.29, 1.82) is 0 Å². The highest BCUT2D eigenvalue weighted by molar-refractivity contribution is 6.12. The van der Waals surface area contributed by atoms with Crippen molar-refractivity contribution in [2.45, 2.75) is 12.5 Å². The summed E-state index contributed by atoms with van der Waals surface area (Å²) in [6.07, 6.45) is 4.36. The predicted molar refractivity (Wildman–Crippen MR) is 109 cm³/mol. The zero-order chi connectivity index (χ0) is 19.7. The van der Waals surface area contributed by atoms with E-state index in [2.05, 4.69) is 16.4 Å². The molecule has 4 rings (SSSR count). The highest BCUT2D eigenvalue weighted by Gasteiger charge is 2.32. The van der Waals surface area contributed by atoms with Crippen molar-refractivity contribution in [2.24, 2.45) is 4.99 Å². The molecule has 0 fully saturated rings. The molecule has 0 aliphatic carbocycles. The smallest absolute Gasteiger partial charge is 0.254 e. The lowest BCUT2D eigenvalue weighted by Gasteiger charge is -2.21. The minimum absolute atomic E-state index is 0.146. The fourth-order valence-corrected chi connectivity index (χ4v) is 3.52. The van der Waals surface area contributed by atoms with Crippen LogP contribution in [0.2, 0.25) is 0 Å². The Balaban J connectivity index is 1.56. The van der Waals surface area contributed by atoms with E-state index in [0.717, 1.165) is 23.2 Å². The molecule has 28 heavy (non-hydrogen) atoms. The Hall–Kier alpha value is -3.41. The number of allylic oxidation sites excluding steroid dienone is 1. The molecule has 0 aromatic heterocycles. The second kappa shape index (κ2) is 7.31. The SMILES string of the molecule is COc1ccc2c(c1)C(=O)NC(Cc1ccc(C3=CCN=C3)cc1)C(=O)N2C. The van der Waals surface area contributed by atoms with E-state index in [0.29, 0.717) is 23.4 Å². The van der Waals surface area contributed by atoms with Crippen molar-refractivity contribution in [1.82, 2.24) is 5.32 Å². The third kappa shape index (κ3) is 3.29. The fourth-order valence-electron chi connectivity index (χ4n) is 3.52. The molecule has 1 atom stereocenters. The van der Waals surface area contributed by atoms with Crippen LogP contribution in [0, 0.1) is 0 Å². The Morgan fingerprint density at radius 1 is 1.18 bits per heavy atom. The molecule has 0 bridgehead atoms. The van der Waals surface area contributed by atoms with Gasteiger partial charge in [0.25, 0.3) is 5.91 Å². The van der Waals surface area contributed by atoms with Crippen molar-refractivity contribution in [3.05, 3.63) is 65.2 Å². The van der Waals surface area contributed by atoms with E-state index in [9.17, 15) is 9.59 Å². The molecule has 2 heterocycles. The van der Waals surface area contributed by atoms with Crippen LogP contribution in [0.25, 0.3) is 5.57 Å². The molecule has 6 nitrogen and oxygen atoms in total. The van der Waals surface area contributed by atoms with Gasteiger partial charge in [-0.1, -0.05) is 30.3 Å². The van der Waals surface area contributed by atoms with E-state index in [1.165, 1.54) is 4.90 Å². The molecule has 2 aromatic rings. The second-order valence-corrected chi connectivity index (χ2v) is 6.86. The third-order valence-corrected chi connectivity index (χ3v) is 5.12. The van der Waals surface area contributed by atoms with Crippen LogP contribution in [-0.2, 0) is 11.2 Å². The molecule has 2 aliphatic rings. The zero-order valence-electron chi connectivity index (χ0n) is 15.8. The molecule has 142 valence electrons. The molecule has 1 N–H and O–H groups in total. The standard InChI is InChI=1S/C22H21N3O3/c1-25-20-8-7-17(28-2)12-18(20)21(26)24-19(22(25)27)11-14-3-5-15(6-4-14)16-9-10-23-13-16/h3-9,12-13,19H,10-11H2,1-2H3,(H,24,26). The van der Waals surface area contributed by atoms with Crippen LogP contribution in [0.4, 0.5) is 5.69 Å². The summed E-state index contributed by atoms with van der Waals surface area (Å²) in [4.78, 5) is 31.4. The highest BCUT2D eigenvalue weighted by Crippen LogP contribution is 2.28. The summed E-state index contributed by atoms with van der Waals surface area (Å²) < 4.78 is 5.21. The van der Waals surface area contributed by atoms with E-state index in [4.69, 9.17) is 4.74 Å². The van der Waals surface area contributed by atoms with Gasteiger partial charge in [0.2, 0.25) is 5.91 Å². The predicted octanol–water partition coefficient (Wildman–Crippen LogP) is 2.48. The van der Waals surface area contributed by atoms with Crippen LogP contribution < -0.4 is 15.0 Å². The first kappa shape index (κ1) is 18.0. The lowest BCUT2D eigenvalue weighted by atomic mass is 10.0. The van der Waals surface area contributed by atoms with Crippen LogP contribution >= 0.6 is 0 Å². The van der Waals surface area contributed by atoms with E-state index in [-0.39, 0.29) is 11.8 Å². The normalized spacial score (nSPS) is 18.4. The van der Waals surface area contributed by atoms with E-state index in [1.807, 2.05) is 30.5 Å². The number of ether oxygens (including phenoxy) is 1. The van der Waals surface area contributed by atoms with Crippen LogP contribution in [-0.4, -0.2) is 44.8 Å². The van der Waals surface area contributed by atoms with Crippen molar-refractivity contribution in [2.75, 3.05) is 25.6 Å². The third-order valence-electron chi connectivity index (χ3n) is 5.12. The lowest BCUT2D eigenvalue weighted by Crippen LogP contribution is -2.45. The first-order chi connectivity index (χ1) is 13.6. The molecular weight excluding hydrogens is 354 g/mol. The number of amides is 2. The summed E-state index contributed by atoms with van der Waals surface area (Å²) in [6, 6.07) is 12.5. The monoisotopic (exact) mass is 375 g/mol. The molecule has 2 aliphatic heterocycles. The summed E-state index contributed by atoms with van der Waals surface area (Å²) in [7, 11) is 3.24. The van der Waals surface area contributed by atoms with Crippen LogP contribution in [0.1, 0.15) is 21.5 Å². The van der Waals surface area contributed by atoms with Crippen LogP contribution in [0.15, 0.2) is 53.5 Å². The number of nitrogens with zero attached hydrogens (tertiary/aromatic N) is 2. The summed E-state index contributed by atoms with van der Waals surface area (Å²) >= 11 is 0. The Labute approximate surface area is 163 Å². The minimum Gasteiger partial charge on any atom is -0.497 e. The van der Waals surface area contributed by atoms with Gasteiger partial charge in [-0.2, -0.15) is 0 Å². The van der Waals surface area contributed by atoms with Crippen molar-refractivity contribution < 1.29 is 14.3 Å². The maximum absolute atomic E-state index is 12.9. The van der Waals surface area contributed by atoms with E-state index < -0.39 is 6.04 Å². The van der Waals surface area contributed by atoms with Crippen molar-refractivity contribution in [3.8, 4) is 5.75 Å². The van der Waals surface area contributed by atoms with Gasteiger partial charge >= 0.3 is 0 Å². The number of benzene rings is 2. The number of hydrogen-bond donors (Lipinski definition) is 1. The summed E-state index contributed by atoms with van der Waals surface area (Å²) in [5.41, 5.74) is 4.19. The molecular formula is C22H21N3O3. The topological polar surface area (TPSA) is 71.0 Å². The first-order valence-electron chi connectivity index (χ1n) is 9.12. The number of carbonyl (C=O) groups is 2. The number of rotatable bonds is 4. The number of anilines is 1. The van der Waals surface area contributed by atoms with Crippen molar-refractivity contribution >= 4 is 29.3 Å². The molecule has 0 radical (unpaired) electrons.